The molecule has 2 unspecified atom stereocenters. The molecule has 0 saturated heterocycles. The average Bonchev–Trinajstić information content (AvgIpc) is 3.07. The molecule has 0 bridgehead atoms. The lowest BCUT2D eigenvalue weighted by Gasteiger charge is -2.12. The highest BCUT2D eigenvalue weighted by Crippen LogP contribution is 2.28. The van der Waals surface area contributed by atoms with Crippen LogP contribution in [-0.4, -0.2) is 46.6 Å². The van der Waals surface area contributed by atoms with Crippen molar-refractivity contribution in [3.8, 4) is 0 Å². The third-order valence-electron chi connectivity index (χ3n) is 3.63. The SMILES string of the molecule is NCC(O)CNCCCCNc1cc(F)c(S(=O)Nc2ncc(F)s2)cc1Cl. The largest absolute Gasteiger partial charge is 0.390 e. The molecule has 28 heavy (non-hydrogen) atoms. The number of hydrogen-bond acceptors (Lipinski definition) is 7. The van der Waals surface area contributed by atoms with Crippen molar-refractivity contribution < 1.29 is 18.1 Å². The smallest absolute Gasteiger partial charge is 0.198 e. The Balaban J connectivity index is 1.81. The number of nitrogens with one attached hydrogen (secondary N) is 3. The second kappa shape index (κ2) is 11.6. The van der Waals surface area contributed by atoms with Crippen LogP contribution in [0.3, 0.4) is 0 Å². The van der Waals surface area contributed by atoms with Crippen LogP contribution >= 0.6 is 22.9 Å². The van der Waals surface area contributed by atoms with E-state index in [0.29, 0.717) is 30.1 Å². The van der Waals surface area contributed by atoms with Crippen LogP contribution in [0.5, 0.6) is 0 Å². The summed E-state index contributed by atoms with van der Waals surface area (Å²) >= 11 is 6.82. The molecule has 7 nitrogen and oxygen atoms in total. The normalized spacial score (nSPS) is 13.3. The lowest BCUT2D eigenvalue weighted by Crippen LogP contribution is -2.33. The zero-order valence-electron chi connectivity index (χ0n) is 14.9. The van der Waals surface area contributed by atoms with Crippen molar-refractivity contribution in [3.63, 3.8) is 0 Å². The number of anilines is 2. The molecule has 0 radical (unpaired) electrons. The Morgan fingerprint density at radius 3 is 2.75 bits per heavy atom. The number of aliphatic hydroxyl groups is 1. The molecule has 1 aromatic heterocycles. The lowest BCUT2D eigenvalue weighted by molar-refractivity contribution is 0.179. The summed E-state index contributed by atoms with van der Waals surface area (Å²) in [5.74, 6) is -0.702. The van der Waals surface area contributed by atoms with E-state index in [2.05, 4.69) is 20.3 Å². The molecule has 0 aliphatic rings. The average molecular weight is 454 g/mol. The maximum atomic E-state index is 14.3. The second-order valence-corrected chi connectivity index (χ2v) is 8.40. The number of nitrogens with zero attached hydrogens (tertiary/aromatic N) is 1. The molecule has 156 valence electrons. The summed E-state index contributed by atoms with van der Waals surface area (Å²) in [6.45, 7) is 1.96. The number of halogens is 3. The highest BCUT2D eigenvalue weighted by molar-refractivity contribution is 7.86. The van der Waals surface area contributed by atoms with Gasteiger partial charge in [-0.1, -0.05) is 22.9 Å². The van der Waals surface area contributed by atoms with Crippen LogP contribution in [0.15, 0.2) is 23.2 Å². The molecule has 2 atom stereocenters. The number of rotatable bonds is 12. The minimum Gasteiger partial charge on any atom is -0.390 e. The highest BCUT2D eigenvalue weighted by Gasteiger charge is 2.16. The number of aliphatic hydroxyl groups excluding tert-OH is 1. The quantitative estimate of drug-likeness (QED) is 0.315. The zero-order valence-corrected chi connectivity index (χ0v) is 17.3. The third-order valence-corrected chi connectivity index (χ3v) is 5.86. The fourth-order valence-corrected chi connectivity index (χ4v) is 4.06. The summed E-state index contributed by atoms with van der Waals surface area (Å²) in [6.07, 6.45) is 2.08. The Morgan fingerprint density at radius 2 is 2.07 bits per heavy atom. The summed E-state index contributed by atoms with van der Waals surface area (Å²) in [5.41, 5.74) is 5.71. The molecule has 1 aromatic carbocycles. The van der Waals surface area contributed by atoms with E-state index in [4.69, 9.17) is 17.3 Å². The predicted molar refractivity (Wildman–Crippen MR) is 109 cm³/mol. The summed E-state index contributed by atoms with van der Waals surface area (Å²) < 4.78 is 41.9. The molecule has 0 fully saturated rings. The van der Waals surface area contributed by atoms with Crippen molar-refractivity contribution in [3.05, 3.63) is 34.3 Å². The van der Waals surface area contributed by atoms with E-state index in [1.54, 1.807) is 0 Å². The van der Waals surface area contributed by atoms with E-state index >= 15 is 0 Å². The van der Waals surface area contributed by atoms with E-state index in [1.807, 2.05) is 0 Å². The Hall–Kier alpha value is -1.37. The van der Waals surface area contributed by atoms with Crippen LogP contribution in [-0.2, 0) is 11.0 Å². The molecular weight excluding hydrogens is 432 g/mol. The first-order valence-electron chi connectivity index (χ1n) is 8.52. The summed E-state index contributed by atoms with van der Waals surface area (Å²) in [7, 11) is -1.96. The molecule has 2 aromatic rings. The van der Waals surface area contributed by atoms with E-state index in [-0.39, 0.29) is 21.6 Å². The molecule has 0 aliphatic carbocycles. The van der Waals surface area contributed by atoms with Crippen LogP contribution < -0.4 is 21.1 Å². The first-order chi connectivity index (χ1) is 13.4. The van der Waals surface area contributed by atoms with Gasteiger partial charge in [0.1, 0.15) is 5.82 Å². The van der Waals surface area contributed by atoms with Gasteiger partial charge in [-0.3, -0.25) is 4.72 Å². The summed E-state index contributed by atoms with van der Waals surface area (Å²) in [5, 5.41) is 15.2. The van der Waals surface area contributed by atoms with E-state index in [0.717, 1.165) is 25.6 Å². The van der Waals surface area contributed by atoms with E-state index < -0.39 is 28.0 Å². The number of hydrogen-bond donors (Lipinski definition) is 5. The van der Waals surface area contributed by atoms with Gasteiger partial charge in [-0.25, -0.2) is 13.6 Å². The fourth-order valence-electron chi connectivity index (χ4n) is 2.19. The van der Waals surface area contributed by atoms with Crippen LogP contribution in [0.4, 0.5) is 19.6 Å². The highest BCUT2D eigenvalue weighted by atomic mass is 35.5. The molecular formula is C16H22ClF2N5O2S2. The van der Waals surface area contributed by atoms with E-state index in [9.17, 15) is 18.1 Å². The molecule has 2 rings (SSSR count). The van der Waals surface area contributed by atoms with Gasteiger partial charge in [0.05, 0.1) is 27.9 Å². The maximum Gasteiger partial charge on any atom is 0.198 e. The number of aromatic nitrogens is 1. The fraction of sp³-hybridized carbons (Fsp3) is 0.438. The van der Waals surface area contributed by atoms with Crippen LogP contribution in [0.1, 0.15) is 12.8 Å². The van der Waals surface area contributed by atoms with Gasteiger partial charge in [-0.05, 0) is 31.5 Å². The van der Waals surface area contributed by atoms with Gasteiger partial charge in [0.25, 0.3) is 0 Å². The molecule has 6 N–H and O–H groups in total. The molecule has 1 heterocycles. The third kappa shape index (κ3) is 7.22. The first-order valence-corrected chi connectivity index (χ1v) is 10.9. The van der Waals surface area contributed by atoms with Crippen LogP contribution in [0.2, 0.25) is 5.02 Å². The second-order valence-electron chi connectivity index (χ2n) is 5.83. The first kappa shape index (κ1) is 22.9. The van der Waals surface area contributed by atoms with Gasteiger partial charge in [0.2, 0.25) is 0 Å². The number of thiazole rings is 1. The summed E-state index contributed by atoms with van der Waals surface area (Å²) in [6, 6.07) is 2.44. The Bertz CT molecular complexity index is 796. The van der Waals surface area contributed by atoms with Gasteiger partial charge in [-0.2, -0.15) is 4.39 Å². The van der Waals surface area contributed by atoms with Gasteiger partial charge in [0.15, 0.2) is 21.2 Å². The molecule has 0 saturated carbocycles. The van der Waals surface area contributed by atoms with Crippen molar-refractivity contribution in [2.75, 3.05) is 36.2 Å². The van der Waals surface area contributed by atoms with Crippen molar-refractivity contribution in [2.24, 2.45) is 5.73 Å². The summed E-state index contributed by atoms with van der Waals surface area (Å²) in [4.78, 5) is 3.54. The van der Waals surface area contributed by atoms with Gasteiger partial charge < -0.3 is 21.5 Å². The van der Waals surface area contributed by atoms with Crippen molar-refractivity contribution in [1.82, 2.24) is 10.3 Å². The zero-order chi connectivity index (χ0) is 20.5. The molecule has 12 heteroatoms. The lowest BCUT2D eigenvalue weighted by atomic mass is 10.2. The predicted octanol–water partition coefficient (Wildman–Crippen LogP) is 2.31. The Morgan fingerprint density at radius 1 is 1.32 bits per heavy atom. The number of benzene rings is 1. The minimum atomic E-state index is -1.96. The molecule has 0 aliphatic heterocycles. The van der Waals surface area contributed by atoms with Gasteiger partial charge in [-0.15, -0.1) is 0 Å². The Labute approximate surface area is 173 Å². The van der Waals surface area contributed by atoms with Crippen LogP contribution in [0.25, 0.3) is 0 Å². The molecule has 0 spiro atoms. The van der Waals surface area contributed by atoms with Crippen molar-refractivity contribution in [2.45, 2.75) is 23.8 Å². The minimum absolute atomic E-state index is 0.0844. The standard InChI is InChI=1S/C16H22ClF2N5O2S2/c17-11-5-14(28(26)24-16-23-9-15(19)27-16)12(18)6-13(11)22-4-2-1-3-21-8-10(25)7-20/h5-6,9-10,21-22,25H,1-4,7-8,20H2,(H,23,24). The Kier molecular flexibility index (Phi) is 9.48. The topological polar surface area (TPSA) is 112 Å². The van der Waals surface area contributed by atoms with Gasteiger partial charge in [0, 0.05) is 19.6 Å². The van der Waals surface area contributed by atoms with Crippen molar-refractivity contribution in [1.29, 1.82) is 0 Å². The number of unbranched alkanes of at least 4 members (excludes halogenated alkanes) is 1. The van der Waals surface area contributed by atoms with Crippen LogP contribution in [0, 0.1) is 10.9 Å². The van der Waals surface area contributed by atoms with E-state index in [1.165, 1.54) is 12.1 Å². The number of nitrogens with two attached hydrogens (primary N) is 1. The van der Waals surface area contributed by atoms with Gasteiger partial charge >= 0.3 is 0 Å². The maximum absolute atomic E-state index is 14.3. The molecule has 0 amide bonds. The monoisotopic (exact) mass is 453 g/mol. The van der Waals surface area contributed by atoms with Crippen molar-refractivity contribution >= 4 is 44.7 Å².